The second kappa shape index (κ2) is 12.9. The zero-order valence-corrected chi connectivity index (χ0v) is 29.4. The number of rotatable bonds is 8. The molecule has 0 saturated heterocycles. The van der Waals surface area contributed by atoms with E-state index in [0.29, 0.717) is 48.3 Å². The number of ether oxygens (including phenoxy) is 2. The van der Waals surface area contributed by atoms with E-state index in [1.165, 1.54) is 0 Å². The summed E-state index contributed by atoms with van der Waals surface area (Å²) in [6.45, 7) is 14.9. The molecule has 0 radical (unpaired) electrons. The summed E-state index contributed by atoms with van der Waals surface area (Å²) in [5, 5.41) is 8.33. The number of nitrogens with one attached hydrogen (secondary N) is 2. The quantitative estimate of drug-likeness (QED) is 0.394. The molecule has 46 heavy (non-hydrogen) atoms. The van der Waals surface area contributed by atoms with Gasteiger partial charge in [0.1, 0.15) is 14.8 Å². The first-order valence-electron chi connectivity index (χ1n) is 15.3. The fraction of sp³-hybridized carbons (Fsp3) is 0.548. The van der Waals surface area contributed by atoms with Crippen molar-refractivity contribution in [3.8, 4) is 0 Å². The summed E-state index contributed by atoms with van der Waals surface area (Å²) in [7, 11) is -1.89. The van der Waals surface area contributed by atoms with Crippen LogP contribution in [-0.2, 0) is 26.5 Å². The number of hydrogen-bond donors (Lipinski definition) is 2. The van der Waals surface area contributed by atoms with Gasteiger partial charge < -0.3 is 24.6 Å². The van der Waals surface area contributed by atoms with Gasteiger partial charge in [-0.2, -0.15) is 5.10 Å². The highest BCUT2D eigenvalue weighted by molar-refractivity contribution is 7.91. The van der Waals surface area contributed by atoms with Crippen molar-refractivity contribution in [3.63, 3.8) is 0 Å². The summed E-state index contributed by atoms with van der Waals surface area (Å²) in [6, 6.07) is 1.66. The molecule has 2 aromatic rings. The minimum atomic E-state index is -3.76. The number of hydrogen-bond acceptors (Lipinski definition) is 10. The zero-order chi connectivity index (χ0) is 33.4. The molecule has 2 N–H and O–H groups in total. The van der Waals surface area contributed by atoms with E-state index in [0.717, 1.165) is 28.2 Å². The molecule has 0 spiro atoms. The molecule has 0 aliphatic carbocycles. The van der Waals surface area contributed by atoms with Crippen LogP contribution in [0.2, 0.25) is 0 Å². The maximum absolute atomic E-state index is 13.2. The highest BCUT2D eigenvalue weighted by Crippen LogP contribution is 2.35. The van der Waals surface area contributed by atoms with Crippen molar-refractivity contribution in [2.75, 3.05) is 32.8 Å². The average molecular weight is 673 g/mol. The van der Waals surface area contributed by atoms with Gasteiger partial charge in [0.2, 0.25) is 10.0 Å². The van der Waals surface area contributed by atoms with Crippen molar-refractivity contribution in [1.29, 1.82) is 0 Å². The lowest BCUT2D eigenvalue weighted by atomic mass is 10.0. The summed E-state index contributed by atoms with van der Waals surface area (Å²) in [4.78, 5) is 26.4. The molecule has 1 amide bonds. The summed E-state index contributed by atoms with van der Waals surface area (Å²) in [5.41, 5.74) is 2.35. The van der Waals surface area contributed by atoms with Crippen LogP contribution >= 0.6 is 11.3 Å². The van der Waals surface area contributed by atoms with Gasteiger partial charge in [-0.05, 0) is 72.1 Å². The van der Waals surface area contributed by atoms with E-state index >= 15 is 0 Å². The number of carbonyl (C=O) groups excluding carboxylic acids is 1. The van der Waals surface area contributed by atoms with Gasteiger partial charge in [0.05, 0.1) is 43.2 Å². The number of aryl methyl sites for hydroxylation is 2. The molecular formula is C31H44N8O5S2. The Bertz CT molecular complexity index is 1710. The fourth-order valence-corrected chi connectivity index (χ4v) is 7.83. The predicted molar refractivity (Wildman–Crippen MR) is 179 cm³/mol. The average Bonchev–Trinajstić information content (AvgIpc) is 3.68. The third-order valence-corrected chi connectivity index (χ3v) is 10.5. The predicted octanol–water partition coefficient (Wildman–Crippen LogP) is 4.38. The van der Waals surface area contributed by atoms with Gasteiger partial charge in [-0.1, -0.05) is 6.08 Å². The van der Waals surface area contributed by atoms with E-state index in [-0.39, 0.29) is 35.1 Å². The number of fused-ring (bicyclic) bond motifs is 1. The molecule has 5 heterocycles. The molecule has 0 saturated carbocycles. The van der Waals surface area contributed by atoms with Crippen molar-refractivity contribution in [1.82, 2.24) is 29.6 Å². The number of thiophene rings is 1. The first-order valence-corrected chi connectivity index (χ1v) is 17.6. The Kier molecular flexibility index (Phi) is 9.51. The van der Waals surface area contributed by atoms with Crippen LogP contribution in [0.5, 0.6) is 0 Å². The topological polar surface area (TPSA) is 143 Å². The number of aromatic nitrogens is 2. The van der Waals surface area contributed by atoms with Crippen LogP contribution in [-0.4, -0.2) is 89.8 Å². The van der Waals surface area contributed by atoms with Crippen molar-refractivity contribution in [2.45, 2.75) is 76.3 Å². The molecule has 3 aliphatic rings. The highest BCUT2D eigenvalue weighted by Gasteiger charge is 2.37. The maximum atomic E-state index is 13.2. The molecule has 0 aromatic carbocycles. The minimum Gasteiger partial charge on any atom is -0.444 e. The number of aliphatic imine (C=N–C) groups is 2. The van der Waals surface area contributed by atoms with E-state index in [9.17, 15) is 13.2 Å². The molecule has 1 atom stereocenters. The third-order valence-electron chi connectivity index (χ3n) is 7.24. The first-order chi connectivity index (χ1) is 21.5. The van der Waals surface area contributed by atoms with Crippen LogP contribution in [0, 0.1) is 6.92 Å². The lowest BCUT2D eigenvalue weighted by molar-refractivity contribution is 0.000777. The summed E-state index contributed by atoms with van der Waals surface area (Å²) in [5.74, 6) is 1.14. The van der Waals surface area contributed by atoms with Crippen LogP contribution in [0.4, 0.5) is 9.80 Å². The molecular weight excluding hydrogens is 629 g/mol. The molecule has 2 aromatic heterocycles. The Labute approximate surface area is 275 Å². The molecule has 5 rings (SSSR count). The molecule has 3 aliphatic heterocycles. The van der Waals surface area contributed by atoms with Crippen LogP contribution in [0.3, 0.4) is 0 Å². The molecule has 15 heteroatoms. The Morgan fingerprint density at radius 1 is 1.22 bits per heavy atom. The third kappa shape index (κ3) is 8.06. The number of amidine groups is 2. The van der Waals surface area contributed by atoms with E-state index < -0.39 is 15.6 Å². The molecule has 0 bridgehead atoms. The van der Waals surface area contributed by atoms with Gasteiger partial charge in [-0.3, -0.25) is 9.67 Å². The highest BCUT2D eigenvalue weighted by atomic mass is 32.2. The van der Waals surface area contributed by atoms with Crippen molar-refractivity contribution >= 4 is 44.1 Å². The fourth-order valence-electron chi connectivity index (χ4n) is 5.21. The van der Waals surface area contributed by atoms with Crippen molar-refractivity contribution in [2.24, 2.45) is 17.0 Å². The van der Waals surface area contributed by atoms with E-state index in [1.54, 1.807) is 22.6 Å². The second-order valence-electron chi connectivity index (χ2n) is 13.5. The largest absolute Gasteiger partial charge is 0.444 e. The number of amides is 1. The van der Waals surface area contributed by atoms with Gasteiger partial charge in [0.15, 0.2) is 11.7 Å². The van der Waals surface area contributed by atoms with Crippen LogP contribution in [0.15, 0.2) is 56.2 Å². The van der Waals surface area contributed by atoms with Gasteiger partial charge in [0.25, 0.3) is 0 Å². The summed E-state index contributed by atoms with van der Waals surface area (Å²) in [6.07, 6.45) is 8.24. The van der Waals surface area contributed by atoms with E-state index in [2.05, 4.69) is 26.1 Å². The van der Waals surface area contributed by atoms with E-state index in [4.69, 9.17) is 19.5 Å². The SMILES string of the molecule is Cc1cc(N=C2NC(C3=CCCN(C(=O)OC(C)(C)C)C3)=CN3C2=NCC3c2cnn(C)c2)sc1S(=O)(=O)NCCOC(C)(C)C. The monoisotopic (exact) mass is 672 g/mol. The Hall–Kier alpha value is -3.53. The smallest absolute Gasteiger partial charge is 0.410 e. The summed E-state index contributed by atoms with van der Waals surface area (Å²) < 4.78 is 42.3. The number of sulfonamides is 1. The van der Waals surface area contributed by atoms with Crippen molar-refractivity contribution in [3.05, 3.63) is 53.1 Å². The lowest BCUT2D eigenvalue weighted by Gasteiger charge is -2.34. The molecule has 0 fully saturated rings. The lowest BCUT2D eigenvalue weighted by Crippen LogP contribution is -2.46. The van der Waals surface area contributed by atoms with Gasteiger partial charge >= 0.3 is 6.09 Å². The molecule has 13 nitrogen and oxygen atoms in total. The Balaban J connectivity index is 1.42. The zero-order valence-electron chi connectivity index (χ0n) is 27.7. The first kappa shape index (κ1) is 33.8. The second-order valence-corrected chi connectivity index (χ2v) is 16.5. The van der Waals surface area contributed by atoms with Crippen molar-refractivity contribution < 1.29 is 22.7 Å². The number of carbonyl (C=O) groups is 1. The Morgan fingerprint density at radius 2 is 1.98 bits per heavy atom. The van der Waals surface area contributed by atoms with Crippen LogP contribution in [0.1, 0.15) is 65.1 Å². The van der Waals surface area contributed by atoms with E-state index in [1.807, 2.05) is 67.2 Å². The summed E-state index contributed by atoms with van der Waals surface area (Å²) >= 11 is 1.10. The van der Waals surface area contributed by atoms with Crippen LogP contribution in [0.25, 0.3) is 0 Å². The minimum absolute atomic E-state index is 0.0994. The van der Waals surface area contributed by atoms with Crippen LogP contribution < -0.4 is 10.0 Å². The molecule has 1 unspecified atom stereocenters. The van der Waals surface area contributed by atoms with Gasteiger partial charge in [-0.15, -0.1) is 11.3 Å². The van der Waals surface area contributed by atoms with Gasteiger partial charge in [0, 0.05) is 38.1 Å². The number of nitrogens with zero attached hydrogens (tertiary/aromatic N) is 6. The molecule has 250 valence electrons. The standard InChI is InChI=1S/C31H44N8O5S2/c1-20-14-25(45-28(20)46(41,42)34-11-13-43-30(2,3)4)36-26-27-32-16-24(22-15-33-37(8)17-22)39(27)19-23(35-26)21-10-9-12-38(18-21)29(40)44-31(5,6)7/h10,14-15,17,19,24,34H,9,11-13,16,18H2,1-8H3,(H,35,36). The van der Waals surface area contributed by atoms with Gasteiger partial charge in [-0.25, -0.2) is 22.9 Å². The Morgan fingerprint density at radius 3 is 2.65 bits per heavy atom. The normalized spacial score (nSPS) is 19.9. The maximum Gasteiger partial charge on any atom is 0.410 e.